The molecule has 0 bridgehead atoms. The molecule has 0 saturated heterocycles. The smallest absolute Gasteiger partial charge is 0.340 e. The number of carbonyl (C=O) groups is 1. The summed E-state index contributed by atoms with van der Waals surface area (Å²) in [5.74, 6) is -1.84. The van der Waals surface area contributed by atoms with Gasteiger partial charge in [-0.2, -0.15) is 5.10 Å². The number of carboxylic acids is 1. The molecule has 0 atom stereocenters. The first-order chi connectivity index (χ1) is 8.54. The van der Waals surface area contributed by atoms with Crippen LogP contribution in [-0.2, 0) is 6.54 Å². The Hall–Kier alpha value is -2.44. The van der Waals surface area contributed by atoms with Gasteiger partial charge in [-0.1, -0.05) is 0 Å². The lowest BCUT2D eigenvalue weighted by Crippen LogP contribution is -2.07. The van der Waals surface area contributed by atoms with Gasteiger partial charge in [0, 0.05) is 17.8 Å². The number of benzene rings is 1. The Balaban J connectivity index is 2.58. The summed E-state index contributed by atoms with van der Waals surface area (Å²) >= 11 is 0. The number of anilines is 1. The zero-order chi connectivity index (χ0) is 13.3. The largest absolute Gasteiger partial charge is 0.478 e. The maximum Gasteiger partial charge on any atom is 0.340 e. The Bertz CT molecular complexity index is 586. The van der Waals surface area contributed by atoms with Gasteiger partial charge in [0.1, 0.15) is 17.7 Å². The fraction of sp³-hybridized carbons (Fsp3) is 0.182. The third-order valence-electron chi connectivity index (χ3n) is 2.51. The fourth-order valence-corrected chi connectivity index (χ4v) is 1.70. The van der Waals surface area contributed by atoms with E-state index < -0.39 is 17.3 Å². The minimum atomic E-state index is -1.39. The standard InChI is InChI=1S/C11H11FN4O2/c1-2-16-10(14-5-15-16)6-3-7(12)9(11(17)18)8(13)4-6/h3-5H,2,13H2,1H3,(H,17,18). The van der Waals surface area contributed by atoms with Crippen LogP contribution < -0.4 is 5.73 Å². The van der Waals surface area contributed by atoms with Gasteiger partial charge in [-0.05, 0) is 19.1 Å². The number of carboxylic acid groups (broad SMARTS) is 1. The summed E-state index contributed by atoms with van der Waals surface area (Å²) < 4.78 is 15.2. The van der Waals surface area contributed by atoms with Crippen molar-refractivity contribution in [2.45, 2.75) is 13.5 Å². The Morgan fingerprint density at radius 3 is 2.83 bits per heavy atom. The molecule has 0 unspecified atom stereocenters. The molecule has 7 heteroatoms. The first-order valence-electron chi connectivity index (χ1n) is 5.25. The normalized spacial score (nSPS) is 10.6. The summed E-state index contributed by atoms with van der Waals surface area (Å²) in [6.07, 6.45) is 1.35. The summed E-state index contributed by atoms with van der Waals surface area (Å²) in [4.78, 5) is 14.8. The molecule has 0 fully saturated rings. The van der Waals surface area contributed by atoms with Crippen LogP contribution in [0.2, 0.25) is 0 Å². The molecule has 0 aliphatic rings. The van der Waals surface area contributed by atoms with Crippen molar-refractivity contribution in [2.24, 2.45) is 0 Å². The number of hydrogen-bond donors (Lipinski definition) is 2. The third kappa shape index (κ3) is 1.90. The molecule has 1 aromatic heterocycles. The maximum atomic E-state index is 13.7. The molecule has 1 heterocycles. The molecule has 18 heavy (non-hydrogen) atoms. The molecular formula is C11H11FN4O2. The second-order valence-corrected chi connectivity index (χ2v) is 3.63. The van der Waals surface area contributed by atoms with Crippen molar-refractivity contribution < 1.29 is 14.3 Å². The Morgan fingerprint density at radius 1 is 1.56 bits per heavy atom. The van der Waals surface area contributed by atoms with Gasteiger partial charge in [0.25, 0.3) is 0 Å². The van der Waals surface area contributed by atoms with E-state index in [1.807, 2.05) is 6.92 Å². The van der Waals surface area contributed by atoms with Gasteiger partial charge < -0.3 is 10.8 Å². The summed E-state index contributed by atoms with van der Waals surface area (Å²) in [6, 6.07) is 2.47. The highest BCUT2D eigenvalue weighted by atomic mass is 19.1. The number of hydrogen-bond acceptors (Lipinski definition) is 4. The molecule has 6 nitrogen and oxygen atoms in total. The van der Waals surface area contributed by atoms with Gasteiger partial charge in [-0.15, -0.1) is 0 Å². The Kier molecular flexibility index (Phi) is 2.97. The molecule has 1 aromatic carbocycles. The number of halogens is 1. The number of nitrogens with zero attached hydrogens (tertiary/aromatic N) is 3. The minimum absolute atomic E-state index is 0.136. The van der Waals surface area contributed by atoms with E-state index >= 15 is 0 Å². The minimum Gasteiger partial charge on any atom is -0.478 e. The number of aromatic carboxylic acids is 1. The van der Waals surface area contributed by atoms with Crippen LogP contribution in [0.25, 0.3) is 11.4 Å². The van der Waals surface area contributed by atoms with E-state index in [1.54, 1.807) is 4.68 Å². The molecule has 0 aliphatic heterocycles. The first-order valence-corrected chi connectivity index (χ1v) is 5.25. The molecule has 0 saturated carbocycles. The van der Waals surface area contributed by atoms with Crippen LogP contribution in [0, 0.1) is 5.82 Å². The van der Waals surface area contributed by atoms with Crippen molar-refractivity contribution in [3.05, 3.63) is 29.8 Å². The average molecular weight is 250 g/mol. The fourth-order valence-electron chi connectivity index (χ4n) is 1.70. The molecule has 0 spiro atoms. The van der Waals surface area contributed by atoms with Crippen LogP contribution in [0.5, 0.6) is 0 Å². The van der Waals surface area contributed by atoms with Crippen LogP contribution in [0.4, 0.5) is 10.1 Å². The lowest BCUT2D eigenvalue weighted by Gasteiger charge is -2.07. The van der Waals surface area contributed by atoms with E-state index in [-0.39, 0.29) is 5.69 Å². The van der Waals surface area contributed by atoms with Gasteiger partial charge in [0.2, 0.25) is 0 Å². The zero-order valence-electron chi connectivity index (χ0n) is 9.59. The van der Waals surface area contributed by atoms with Crippen molar-refractivity contribution in [3.63, 3.8) is 0 Å². The lowest BCUT2D eigenvalue weighted by atomic mass is 10.1. The second kappa shape index (κ2) is 4.44. The molecule has 2 rings (SSSR count). The highest BCUT2D eigenvalue weighted by Gasteiger charge is 2.17. The average Bonchev–Trinajstić information content (AvgIpc) is 2.75. The predicted octanol–water partition coefficient (Wildman–Crippen LogP) is 1.38. The molecule has 94 valence electrons. The van der Waals surface area contributed by atoms with Gasteiger partial charge in [-0.25, -0.2) is 18.9 Å². The molecular weight excluding hydrogens is 239 g/mol. The molecule has 0 aliphatic carbocycles. The molecule has 2 aromatic rings. The second-order valence-electron chi connectivity index (χ2n) is 3.63. The van der Waals surface area contributed by atoms with Crippen LogP contribution in [-0.4, -0.2) is 25.8 Å². The number of nitrogens with two attached hydrogens (primary N) is 1. The quantitative estimate of drug-likeness (QED) is 0.802. The van der Waals surface area contributed by atoms with Gasteiger partial charge in [0.15, 0.2) is 5.82 Å². The van der Waals surface area contributed by atoms with Crippen LogP contribution in [0.3, 0.4) is 0 Å². The van der Waals surface area contributed by atoms with Crippen molar-refractivity contribution in [3.8, 4) is 11.4 Å². The van der Waals surface area contributed by atoms with Gasteiger partial charge in [-0.3, -0.25) is 0 Å². The number of aryl methyl sites for hydroxylation is 1. The maximum absolute atomic E-state index is 13.7. The van der Waals surface area contributed by atoms with E-state index in [4.69, 9.17) is 10.8 Å². The summed E-state index contributed by atoms with van der Waals surface area (Å²) in [6.45, 7) is 2.43. The highest BCUT2D eigenvalue weighted by molar-refractivity contribution is 5.94. The Labute approximate surface area is 102 Å². The van der Waals surface area contributed by atoms with E-state index in [0.29, 0.717) is 17.9 Å². The summed E-state index contributed by atoms with van der Waals surface area (Å²) in [5, 5.41) is 12.8. The van der Waals surface area contributed by atoms with Crippen LogP contribution >= 0.6 is 0 Å². The Morgan fingerprint density at radius 2 is 2.28 bits per heavy atom. The van der Waals surface area contributed by atoms with Crippen molar-refractivity contribution >= 4 is 11.7 Å². The number of nitrogen functional groups attached to an aromatic ring is 1. The molecule has 0 amide bonds. The highest BCUT2D eigenvalue weighted by Crippen LogP contribution is 2.25. The van der Waals surface area contributed by atoms with E-state index in [0.717, 1.165) is 6.07 Å². The third-order valence-corrected chi connectivity index (χ3v) is 2.51. The lowest BCUT2D eigenvalue weighted by molar-refractivity contribution is 0.0693. The monoisotopic (exact) mass is 250 g/mol. The van der Waals surface area contributed by atoms with Crippen molar-refractivity contribution in [1.29, 1.82) is 0 Å². The van der Waals surface area contributed by atoms with E-state index in [9.17, 15) is 9.18 Å². The van der Waals surface area contributed by atoms with E-state index in [1.165, 1.54) is 12.4 Å². The molecule has 3 N–H and O–H groups in total. The first kappa shape index (κ1) is 12.0. The SMILES string of the molecule is CCn1ncnc1-c1cc(N)c(C(=O)O)c(F)c1. The van der Waals surface area contributed by atoms with Gasteiger partial charge >= 0.3 is 5.97 Å². The topological polar surface area (TPSA) is 94.0 Å². The zero-order valence-corrected chi connectivity index (χ0v) is 9.59. The number of rotatable bonds is 3. The summed E-state index contributed by atoms with van der Waals surface area (Å²) in [7, 11) is 0. The van der Waals surface area contributed by atoms with Crippen molar-refractivity contribution in [2.75, 3.05) is 5.73 Å². The van der Waals surface area contributed by atoms with Gasteiger partial charge in [0.05, 0.1) is 0 Å². The van der Waals surface area contributed by atoms with Crippen LogP contribution in [0.15, 0.2) is 18.5 Å². The van der Waals surface area contributed by atoms with Crippen LogP contribution in [0.1, 0.15) is 17.3 Å². The summed E-state index contributed by atoms with van der Waals surface area (Å²) in [5.41, 5.74) is 5.28. The van der Waals surface area contributed by atoms with E-state index in [2.05, 4.69) is 10.1 Å². The van der Waals surface area contributed by atoms with Crippen molar-refractivity contribution in [1.82, 2.24) is 14.8 Å². The predicted molar refractivity (Wildman–Crippen MR) is 62.5 cm³/mol. The molecule has 0 radical (unpaired) electrons. The number of aromatic nitrogens is 3.